The van der Waals surface area contributed by atoms with Crippen LogP contribution in [-0.4, -0.2) is 68.6 Å². The van der Waals surface area contributed by atoms with E-state index in [0.717, 1.165) is 34.4 Å². The lowest BCUT2D eigenvalue weighted by Crippen LogP contribution is -2.48. The fourth-order valence-electron chi connectivity index (χ4n) is 10.3. The Morgan fingerprint density at radius 1 is 0.722 bits per heavy atom. The summed E-state index contributed by atoms with van der Waals surface area (Å²) in [7, 11) is 2.96. The molecule has 6 heterocycles. The summed E-state index contributed by atoms with van der Waals surface area (Å²) < 4.78 is 94.6. The maximum Gasteiger partial charge on any atom is 0.433 e. The van der Waals surface area contributed by atoms with Crippen molar-refractivity contribution in [1.82, 2.24) is 29.4 Å². The second-order valence-corrected chi connectivity index (χ2v) is 18.4. The number of nitrogens with zero attached hydrogens (tertiary/aromatic N) is 3. The van der Waals surface area contributed by atoms with Crippen molar-refractivity contribution in [2.24, 2.45) is 5.92 Å². The SMILES string of the molecule is COc1cc(C)[nH]c(=O)c1CCC(=O)c1c(C)n(C(C)C2CCNC(C(F)(F)F)C2)c2ccccc12.COc1cc(C)[nH]c(=O)c1CCC(=O)c1c(C)n(C(C)c2ccnc(C(F)(F)F)c2)c2ccccc12. The second kappa shape index (κ2) is 21.4. The van der Waals surface area contributed by atoms with Gasteiger partial charge in [0.05, 0.1) is 31.4 Å². The number of para-hydroxylation sites is 2. The molecule has 1 aliphatic rings. The molecule has 72 heavy (non-hydrogen) atoms. The molecule has 0 radical (unpaired) electrons. The van der Waals surface area contributed by atoms with Gasteiger partial charge in [-0.2, -0.15) is 26.3 Å². The Hall–Kier alpha value is -6.95. The van der Waals surface area contributed by atoms with E-state index in [9.17, 15) is 45.5 Å². The number of methoxy groups -OCH3 is 2. The minimum Gasteiger partial charge on any atom is -0.496 e. The van der Waals surface area contributed by atoms with Gasteiger partial charge >= 0.3 is 12.4 Å². The molecule has 12 nitrogen and oxygen atoms in total. The van der Waals surface area contributed by atoms with E-state index < -0.39 is 30.1 Å². The topological polar surface area (TPSA) is 153 Å². The van der Waals surface area contributed by atoms with Crippen LogP contribution in [0.5, 0.6) is 11.5 Å². The Balaban J connectivity index is 0.000000211. The number of halogens is 6. The van der Waals surface area contributed by atoms with Gasteiger partial charge in [0, 0.05) is 80.8 Å². The Labute approximate surface area is 411 Å². The molecular formula is C54H58F6N6O6. The number of ketones is 2. The van der Waals surface area contributed by atoms with Gasteiger partial charge in [-0.1, -0.05) is 36.4 Å². The number of benzene rings is 2. The number of piperidine rings is 1. The number of hydrogen-bond acceptors (Lipinski definition) is 8. The van der Waals surface area contributed by atoms with Crippen molar-refractivity contribution in [2.75, 3.05) is 20.8 Å². The van der Waals surface area contributed by atoms with E-state index >= 15 is 0 Å². The number of fused-ring (bicyclic) bond motifs is 2. The highest BCUT2D eigenvalue weighted by atomic mass is 19.4. The van der Waals surface area contributed by atoms with Crippen LogP contribution >= 0.6 is 0 Å². The summed E-state index contributed by atoms with van der Waals surface area (Å²) in [5, 5.41) is 4.08. The Kier molecular flexibility index (Phi) is 15.7. The number of H-pyrrole nitrogens is 2. The average molecular weight is 1000 g/mol. The zero-order valence-corrected chi connectivity index (χ0v) is 41.3. The minimum absolute atomic E-state index is 0.00408. The molecule has 5 aromatic heterocycles. The van der Waals surface area contributed by atoms with Crippen LogP contribution in [0, 0.1) is 33.6 Å². The first-order valence-corrected chi connectivity index (χ1v) is 23.7. The van der Waals surface area contributed by atoms with E-state index in [0.29, 0.717) is 74.7 Å². The number of carbonyl (C=O) groups is 2. The standard InChI is InChI=1S/C27H32F3N3O3.C27H26F3N3O3/c2*1-15-13-23(36-4)20(26(35)32-15)9-10-22(34)25-17(3)33(21-8-6-5-7-19(21)25)16(2)18-11-12-31-24(14-18)27(28,29)30/h5-8,13,16,18,24,31H,9-12,14H2,1-4H3,(H,32,35);5-8,11-14,16H,9-10H2,1-4H3,(H,32,35). The molecule has 0 amide bonds. The van der Waals surface area contributed by atoms with Crippen molar-refractivity contribution >= 4 is 33.4 Å². The summed E-state index contributed by atoms with van der Waals surface area (Å²) in [6.07, 6.45) is -6.50. The molecule has 4 atom stereocenters. The zero-order chi connectivity index (χ0) is 52.4. The molecular weight excluding hydrogens is 943 g/mol. The maximum atomic E-state index is 13.5. The molecule has 7 aromatic rings. The Morgan fingerprint density at radius 3 is 1.69 bits per heavy atom. The van der Waals surface area contributed by atoms with Crippen LogP contribution in [0.25, 0.3) is 21.8 Å². The van der Waals surface area contributed by atoms with Crippen molar-refractivity contribution in [1.29, 1.82) is 0 Å². The van der Waals surface area contributed by atoms with Crippen molar-refractivity contribution < 1.29 is 45.4 Å². The van der Waals surface area contributed by atoms with E-state index in [1.54, 1.807) is 45.9 Å². The Bertz CT molecular complexity index is 3260. The molecule has 8 rings (SSSR count). The van der Waals surface area contributed by atoms with Crippen LogP contribution in [0.15, 0.2) is 88.6 Å². The first-order valence-electron chi connectivity index (χ1n) is 23.7. The fourth-order valence-corrected chi connectivity index (χ4v) is 10.3. The molecule has 0 saturated carbocycles. The highest BCUT2D eigenvalue weighted by Crippen LogP contribution is 2.40. The van der Waals surface area contributed by atoms with Crippen molar-refractivity contribution in [3.05, 3.63) is 156 Å². The summed E-state index contributed by atoms with van der Waals surface area (Å²) >= 11 is 0. The van der Waals surface area contributed by atoms with Crippen LogP contribution in [-0.2, 0) is 19.0 Å². The summed E-state index contributed by atoms with van der Waals surface area (Å²) in [4.78, 5) is 60.8. The third-order valence-corrected chi connectivity index (χ3v) is 13.8. The van der Waals surface area contributed by atoms with Gasteiger partial charge in [-0.25, -0.2) is 0 Å². The maximum absolute atomic E-state index is 13.5. The average Bonchev–Trinajstić information content (AvgIpc) is 3.81. The minimum atomic E-state index is -4.56. The number of nitrogens with one attached hydrogen (secondary N) is 3. The molecule has 0 bridgehead atoms. The highest BCUT2D eigenvalue weighted by Gasteiger charge is 2.44. The molecule has 4 unspecified atom stereocenters. The number of hydrogen-bond donors (Lipinski definition) is 3. The number of pyridine rings is 3. The van der Waals surface area contributed by atoms with Crippen molar-refractivity contribution in [3.63, 3.8) is 0 Å². The van der Waals surface area contributed by atoms with Crippen LogP contribution < -0.4 is 25.9 Å². The molecule has 1 fully saturated rings. The first-order chi connectivity index (χ1) is 34.0. The van der Waals surface area contributed by atoms with E-state index in [2.05, 4.69) is 20.3 Å². The number of rotatable bonds is 14. The van der Waals surface area contributed by atoms with Gasteiger partial charge in [0.1, 0.15) is 23.2 Å². The zero-order valence-electron chi connectivity index (χ0n) is 41.3. The number of carbonyl (C=O) groups excluding carboxylic acids is 2. The van der Waals surface area contributed by atoms with E-state index in [1.807, 2.05) is 71.5 Å². The van der Waals surface area contributed by atoms with Gasteiger partial charge in [0.25, 0.3) is 11.1 Å². The van der Waals surface area contributed by atoms with Crippen LogP contribution in [0.3, 0.4) is 0 Å². The number of aryl methyl sites for hydroxylation is 2. The lowest BCUT2D eigenvalue weighted by atomic mass is 9.86. The number of aromatic amines is 2. The molecule has 18 heteroatoms. The summed E-state index contributed by atoms with van der Waals surface area (Å²) in [5.41, 5.74) is 5.02. The first kappa shape index (κ1) is 52.9. The van der Waals surface area contributed by atoms with E-state index in [4.69, 9.17) is 9.47 Å². The summed E-state index contributed by atoms with van der Waals surface area (Å²) in [6.45, 7) is 11.2. The van der Waals surface area contributed by atoms with Crippen LogP contribution in [0.4, 0.5) is 26.3 Å². The van der Waals surface area contributed by atoms with Crippen molar-refractivity contribution in [3.8, 4) is 11.5 Å². The number of Topliss-reactive ketones (excluding diaryl/α,β-unsaturated/α-hetero) is 2. The molecule has 0 spiro atoms. The van der Waals surface area contributed by atoms with Gasteiger partial charge in [0.15, 0.2) is 11.6 Å². The predicted octanol–water partition coefficient (Wildman–Crippen LogP) is 11.1. The number of aromatic nitrogens is 5. The summed E-state index contributed by atoms with van der Waals surface area (Å²) in [5.74, 6) is 0.403. The quantitative estimate of drug-likeness (QED) is 0.0719. The van der Waals surface area contributed by atoms with Gasteiger partial charge in [-0.05, 0) is 122 Å². The lowest BCUT2D eigenvalue weighted by molar-refractivity contribution is -0.164. The molecule has 1 saturated heterocycles. The largest absolute Gasteiger partial charge is 0.496 e. The lowest BCUT2D eigenvalue weighted by Gasteiger charge is -2.36. The smallest absolute Gasteiger partial charge is 0.433 e. The van der Waals surface area contributed by atoms with E-state index in [1.165, 1.54) is 14.2 Å². The normalized spacial score (nSPS) is 16.0. The predicted molar refractivity (Wildman–Crippen MR) is 264 cm³/mol. The van der Waals surface area contributed by atoms with Crippen LogP contribution in [0.1, 0.15) is 117 Å². The van der Waals surface area contributed by atoms with Gasteiger partial charge in [-0.3, -0.25) is 24.2 Å². The van der Waals surface area contributed by atoms with Gasteiger partial charge in [-0.15, -0.1) is 0 Å². The molecule has 1 aliphatic heterocycles. The Morgan fingerprint density at radius 2 is 1.21 bits per heavy atom. The van der Waals surface area contributed by atoms with Gasteiger partial charge in [0.2, 0.25) is 0 Å². The fraction of sp³-hybridized carbons (Fsp3) is 0.389. The van der Waals surface area contributed by atoms with Crippen molar-refractivity contribution in [2.45, 2.75) is 111 Å². The monoisotopic (exact) mass is 1000 g/mol. The van der Waals surface area contributed by atoms with E-state index in [-0.39, 0.29) is 66.7 Å². The third kappa shape index (κ3) is 10.9. The molecule has 2 aromatic carbocycles. The number of ether oxygens (including phenoxy) is 2. The van der Waals surface area contributed by atoms with Crippen LogP contribution in [0.2, 0.25) is 0 Å². The number of alkyl halides is 6. The third-order valence-electron chi connectivity index (χ3n) is 13.8. The van der Waals surface area contributed by atoms with Gasteiger partial charge < -0.3 is 33.9 Å². The highest BCUT2D eigenvalue weighted by molar-refractivity contribution is 6.10. The molecule has 3 N–H and O–H groups in total. The molecule has 382 valence electrons. The second-order valence-electron chi connectivity index (χ2n) is 18.4. The summed E-state index contributed by atoms with van der Waals surface area (Å²) in [6, 6.07) is 18.6. The molecule has 0 aliphatic carbocycles.